The zero-order valence-electron chi connectivity index (χ0n) is 10.1. The van der Waals surface area contributed by atoms with Gasteiger partial charge < -0.3 is 10.6 Å². The molecule has 0 saturated carbocycles. The van der Waals surface area contributed by atoms with Crippen molar-refractivity contribution in [3.8, 4) is 6.07 Å². The number of hydrogen-bond donors (Lipinski definition) is 1. The highest BCUT2D eigenvalue weighted by atomic mass is 32.2. The molecule has 2 rings (SSSR count). The van der Waals surface area contributed by atoms with Crippen LogP contribution in [-0.2, 0) is 9.84 Å². The molecule has 1 fully saturated rings. The molecule has 1 unspecified atom stereocenters. The molecule has 0 bridgehead atoms. The highest BCUT2D eigenvalue weighted by Crippen LogP contribution is 2.26. The van der Waals surface area contributed by atoms with Crippen LogP contribution in [-0.4, -0.2) is 32.5 Å². The number of nitriles is 1. The van der Waals surface area contributed by atoms with Gasteiger partial charge in [0, 0.05) is 18.3 Å². The fraction of sp³-hybridized carbons (Fsp3) is 0.417. The maximum Gasteiger partial charge on any atom is 0.154 e. The second-order valence-corrected chi connectivity index (χ2v) is 6.77. The number of nitrogens with two attached hydrogens (primary N) is 1. The minimum absolute atomic E-state index is 0.125. The van der Waals surface area contributed by atoms with Crippen LogP contribution in [0.5, 0.6) is 0 Å². The smallest absolute Gasteiger partial charge is 0.154 e. The van der Waals surface area contributed by atoms with Crippen LogP contribution in [0.4, 0.5) is 11.4 Å². The van der Waals surface area contributed by atoms with Gasteiger partial charge in [0.2, 0.25) is 0 Å². The fourth-order valence-electron chi connectivity index (χ4n) is 2.25. The molecule has 6 heteroatoms. The van der Waals surface area contributed by atoms with Crippen LogP contribution in [0, 0.1) is 11.3 Å². The van der Waals surface area contributed by atoms with Crippen LogP contribution in [0.1, 0.15) is 12.5 Å². The summed E-state index contributed by atoms with van der Waals surface area (Å²) in [6, 6.07) is 7.10. The van der Waals surface area contributed by atoms with Crippen molar-refractivity contribution in [3.63, 3.8) is 0 Å². The van der Waals surface area contributed by atoms with Crippen molar-refractivity contribution < 1.29 is 8.42 Å². The number of rotatable bonds is 1. The maximum absolute atomic E-state index is 11.5. The number of nitrogens with zero attached hydrogens (tertiary/aromatic N) is 2. The Kier molecular flexibility index (Phi) is 3.18. The first-order chi connectivity index (χ1) is 8.43. The Morgan fingerprint density at radius 1 is 1.50 bits per heavy atom. The van der Waals surface area contributed by atoms with Gasteiger partial charge in [0.1, 0.15) is 6.07 Å². The zero-order chi connectivity index (χ0) is 13.3. The molecular weight excluding hydrogens is 250 g/mol. The predicted octanol–water partition coefficient (Wildman–Crippen LogP) is 0.764. The maximum atomic E-state index is 11.5. The van der Waals surface area contributed by atoms with Crippen LogP contribution < -0.4 is 10.6 Å². The van der Waals surface area contributed by atoms with Crippen LogP contribution in [0.25, 0.3) is 0 Å². The average molecular weight is 265 g/mol. The topological polar surface area (TPSA) is 87.2 Å². The van der Waals surface area contributed by atoms with Crippen LogP contribution in [0.3, 0.4) is 0 Å². The van der Waals surface area contributed by atoms with E-state index < -0.39 is 9.84 Å². The molecule has 0 spiro atoms. The number of hydrogen-bond acceptors (Lipinski definition) is 5. The molecule has 0 aromatic heterocycles. The lowest BCUT2D eigenvalue weighted by atomic mass is 10.1. The standard InChI is InChI=1S/C12H15N3O2S/c1-9-8-18(16,17)5-4-15(9)12-3-2-11(14)6-10(12)7-13/h2-3,6,9H,4-5,8,14H2,1H3. The fourth-order valence-corrected chi connectivity index (χ4v) is 3.81. The van der Waals surface area contributed by atoms with Gasteiger partial charge in [-0.2, -0.15) is 5.26 Å². The van der Waals surface area contributed by atoms with Crippen LogP contribution in [0.2, 0.25) is 0 Å². The van der Waals surface area contributed by atoms with E-state index in [1.54, 1.807) is 18.2 Å². The summed E-state index contributed by atoms with van der Waals surface area (Å²) in [5, 5.41) is 9.11. The molecule has 0 aliphatic carbocycles. The average Bonchev–Trinajstić information content (AvgIpc) is 2.29. The lowest BCUT2D eigenvalue weighted by Gasteiger charge is -2.35. The summed E-state index contributed by atoms with van der Waals surface area (Å²) in [6.07, 6.45) is 0. The third-order valence-electron chi connectivity index (χ3n) is 3.12. The Labute approximate surface area is 107 Å². The molecule has 1 aromatic carbocycles. The minimum atomic E-state index is -2.95. The normalized spacial score (nSPS) is 22.4. The van der Waals surface area contributed by atoms with Gasteiger partial charge in [-0.1, -0.05) is 0 Å². The molecule has 18 heavy (non-hydrogen) atoms. The second-order valence-electron chi connectivity index (χ2n) is 4.55. The van der Waals surface area contributed by atoms with Crippen molar-refractivity contribution in [2.45, 2.75) is 13.0 Å². The number of benzene rings is 1. The summed E-state index contributed by atoms with van der Waals surface area (Å²) in [7, 11) is -2.95. The van der Waals surface area contributed by atoms with Gasteiger partial charge in [0.25, 0.3) is 0 Å². The summed E-state index contributed by atoms with van der Waals surface area (Å²) in [4.78, 5) is 1.96. The lowest BCUT2D eigenvalue weighted by Crippen LogP contribution is -2.47. The van der Waals surface area contributed by atoms with Gasteiger partial charge in [-0.3, -0.25) is 0 Å². The molecule has 1 saturated heterocycles. The van der Waals surface area contributed by atoms with E-state index in [2.05, 4.69) is 6.07 Å². The molecular formula is C12H15N3O2S. The van der Waals surface area contributed by atoms with Gasteiger partial charge in [-0.25, -0.2) is 8.42 Å². The summed E-state index contributed by atoms with van der Waals surface area (Å²) in [5.41, 5.74) is 7.43. The van der Waals surface area contributed by atoms with Gasteiger partial charge in [0.05, 0.1) is 22.8 Å². The first-order valence-electron chi connectivity index (χ1n) is 5.69. The van der Waals surface area contributed by atoms with Crippen molar-refractivity contribution in [1.29, 1.82) is 5.26 Å². The van der Waals surface area contributed by atoms with Gasteiger partial charge in [0.15, 0.2) is 9.84 Å². The van der Waals surface area contributed by atoms with E-state index in [9.17, 15) is 8.42 Å². The molecule has 1 aliphatic heterocycles. The van der Waals surface area contributed by atoms with Crippen molar-refractivity contribution in [2.75, 3.05) is 28.7 Å². The number of nitrogen functional groups attached to an aromatic ring is 1. The highest BCUT2D eigenvalue weighted by Gasteiger charge is 2.29. The number of sulfone groups is 1. The van der Waals surface area contributed by atoms with E-state index in [4.69, 9.17) is 11.0 Å². The summed E-state index contributed by atoms with van der Waals surface area (Å²) in [5.74, 6) is 0.259. The Hall–Kier alpha value is -1.74. The van der Waals surface area contributed by atoms with Crippen LogP contribution in [0.15, 0.2) is 18.2 Å². The van der Waals surface area contributed by atoms with Crippen molar-refractivity contribution in [3.05, 3.63) is 23.8 Å². The van der Waals surface area contributed by atoms with E-state index in [1.807, 2.05) is 11.8 Å². The molecule has 1 atom stereocenters. The molecule has 1 heterocycles. The van der Waals surface area contributed by atoms with Crippen molar-refractivity contribution >= 4 is 21.2 Å². The molecule has 0 radical (unpaired) electrons. The molecule has 2 N–H and O–H groups in total. The van der Waals surface area contributed by atoms with Crippen molar-refractivity contribution in [1.82, 2.24) is 0 Å². The van der Waals surface area contributed by atoms with E-state index in [-0.39, 0.29) is 17.5 Å². The van der Waals surface area contributed by atoms with Gasteiger partial charge in [-0.05, 0) is 25.1 Å². The minimum Gasteiger partial charge on any atom is -0.399 e. The molecule has 0 amide bonds. The van der Waals surface area contributed by atoms with Gasteiger partial charge >= 0.3 is 0 Å². The van der Waals surface area contributed by atoms with E-state index in [0.717, 1.165) is 5.69 Å². The summed E-state index contributed by atoms with van der Waals surface area (Å²) in [6.45, 7) is 2.27. The molecule has 96 valence electrons. The van der Waals surface area contributed by atoms with E-state index >= 15 is 0 Å². The Morgan fingerprint density at radius 3 is 2.83 bits per heavy atom. The monoisotopic (exact) mass is 265 g/mol. The van der Waals surface area contributed by atoms with Gasteiger partial charge in [-0.15, -0.1) is 0 Å². The highest BCUT2D eigenvalue weighted by molar-refractivity contribution is 7.91. The first kappa shape index (κ1) is 12.7. The number of anilines is 2. The second kappa shape index (κ2) is 4.50. The Bertz CT molecular complexity index is 604. The third kappa shape index (κ3) is 2.41. The Morgan fingerprint density at radius 2 is 2.22 bits per heavy atom. The first-order valence-corrected chi connectivity index (χ1v) is 7.52. The quantitative estimate of drug-likeness (QED) is 0.758. The summed E-state index contributed by atoms with van der Waals surface area (Å²) >= 11 is 0. The van der Waals surface area contributed by atoms with Crippen LogP contribution >= 0.6 is 0 Å². The van der Waals surface area contributed by atoms with E-state index in [0.29, 0.717) is 17.8 Å². The van der Waals surface area contributed by atoms with Crippen molar-refractivity contribution in [2.24, 2.45) is 0 Å². The van der Waals surface area contributed by atoms with E-state index in [1.165, 1.54) is 0 Å². The lowest BCUT2D eigenvalue weighted by molar-refractivity contribution is 0.568. The SMILES string of the molecule is CC1CS(=O)(=O)CCN1c1ccc(N)cc1C#N. The third-order valence-corrected chi connectivity index (χ3v) is 4.92. The molecule has 1 aliphatic rings. The summed E-state index contributed by atoms with van der Waals surface area (Å²) < 4.78 is 23.1. The zero-order valence-corrected chi connectivity index (χ0v) is 10.9. The molecule has 1 aromatic rings. The molecule has 5 nitrogen and oxygen atoms in total. The Balaban J connectivity index is 2.36. The predicted molar refractivity (Wildman–Crippen MR) is 71.0 cm³/mol. The largest absolute Gasteiger partial charge is 0.399 e.